The van der Waals surface area contributed by atoms with Crippen LogP contribution in [0.15, 0.2) is 36.4 Å². The molecule has 94 valence electrons. The summed E-state index contributed by atoms with van der Waals surface area (Å²) >= 11 is 0. The van der Waals surface area contributed by atoms with Gasteiger partial charge in [-0.15, -0.1) is 0 Å². The molecule has 4 nitrogen and oxygen atoms in total. The lowest BCUT2D eigenvalue weighted by atomic mass is 10.0. The van der Waals surface area contributed by atoms with Gasteiger partial charge in [-0.3, -0.25) is 0 Å². The number of hydrogen-bond acceptors (Lipinski definition) is 4. The molecule has 1 aromatic carbocycles. The SMILES string of the molecule is COC(C)(C)c1cc(-c2ccccc2)nc(N)n1. The van der Waals surface area contributed by atoms with Gasteiger partial charge >= 0.3 is 0 Å². The number of nitrogens with two attached hydrogens (primary N) is 1. The van der Waals surface area contributed by atoms with E-state index in [4.69, 9.17) is 10.5 Å². The largest absolute Gasteiger partial charge is 0.373 e. The summed E-state index contributed by atoms with van der Waals surface area (Å²) in [5.41, 5.74) is 7.88. The van der Waals surface area contributed by atoms with Crippen LogP contribution in [0, 0.1) is 0 Å². The lowest BCUT2D eigenvalue weighted by Gasteiger charge is -2.22. The van der Waals surface area contributed by atoms with Crippen LogP contribution in [0.25, 0.3) is 11.3 Å². The molecule has 1 aromatic heterocycles. The number of nitrogen functional groups attached to an aromatic ring is 1. The average Bonchev–Trinajstić information content (AvgIpc) is 2.39. The van der Waals surface area contributed by atoms with E-state index in [0.29, 0.717) is 0 Å². The van der Waals surface area contributed by atoms with E-state index in [2.05, 4.69) is 9.97 Å². The summed E-state index contributed by atoms with van der Waals surface area (Å²) < 4.78 is 5.42. The maximum Gasteiger partial charge on any atom is 0.220 e. The van der Waals surface area contributed by atoms with Crippen LogP contribution in [-0.2, 0) is 10.3 Å². The molecule has 0 saturated heterocycles. The van der Waals surface area contributed by atoms with Gasteiger partial charge in [0.1, 0.15) is 5.60 Å². The molecule has 4 heteroatoms. The Labute approximate surface area is 107 Å². The van der Waals surface area contributed by atoms with E-state index in [1.165, 1.54) is 0 Å². The Morgan fingerprint density at radius 2 is 1.78 bits per heavy atom. The van der Waals surface area contributed by atoms with Gasteiger partial charge in [0, 0.05) is 12.7 Å². The number of ether oxygens (including phenoxy) is 1. The van der Waals surface area contributed by atoms with Crippen LogP contribution >= 0.6 is 0 Å². The number of anilines is 1. The first-order chi connectivity index (χ1) is 8.53. The number of hydrogen-bond donors (Lipinski definition) is 1. The van der Waals surface area contributed by atoms with Crippen molar-refractivity contribution in [1.82, 2.24) is 9.97 Å². The molecule has 1 heterocycles. The highest BCUT2D eigenvalue weighted by molar-refractivity contribution is 5.60. The highest BCUT2D eigenvalue weighted by Gasteiger charge is 2.22. The fourth-order valence-corrected chi connectivity index (χ4v) is 1.64. The average molecular weight is 243 g/mol. The highest BCUT2D eigenvalue weighted by Crippen LogP contribution is 2.26. The first kappa shape index (κ1) is 12.5. The standard InChI is InChI=1S/C14H17N3O/c1-14(2,18-3)12-9-11(16-13(15)17-12)10-7-5-4-6-8-10/h4-9H,1-3H3,(H2,15,16,17). The molecule has 2 rings (SSSR count). The minimum atomic E-state index is -0.486. The zero-order valence-electron chi connectivity index (χ0n) is 10.8. The second kappa shape index (κ2) is 4.74. The van der Waals surface area contributed by atoms with Crippen molar-refractivity contribution in [3.63, 3.8) is 0 Å². The molecular weight excluding hydrogens is 226 g/mol. The van der Waals surface area contributed by atoms with Gasteiger partial charge < -0.3 is 10.5 Å². The zero-order valence-corrected chi connectivity index (χ0v) is 10.8. The third-order valence-corrected chi connectivity index (χ3v) is 2.94. The van der Waals surface area contributed by atoms with Crippen LogP contribution in [0.2, 0.25) is 0 Å². The highest BCUT2D eigenvalue weighted by atomic mass is 16.5. The molecule has 0 spiro atoms. The van der Waals surface area contributed by atoms with Crippen molar-refractivity contribution in [3.8, 4) is 11.3 Å². The molecular formula is C14H17N3O. The molecule has 0 saturated carbocycles. The topological polar surface area (TPSA) is 61.0 Å². The maximum atomic E-state index is 5.77. The molecule has 2 N–H and O–H groups in total. The van der Waals surface area contributed by atoms with Gasteiger partial charge in [-0.05, 0) is 19.9 Å². The summed E-state index contributed by atoms with van der Waals surface area (Å²) in [7, 11) is 1.65. The van der Waals surface area contributed by atoms with Crippen LogP contribution in [-0.4, -0.2) is 17.1 Å². The zero-order chi connectivity index (χ0) is 13.2. The summed E-state index contributed by atoms with van der Waals surface area (Å²) in [4.78, 5) is 8.51. The van der Waals surface area contributed by atoms with Crippen LogP contribution in [0.3, 0.4) is 0 Å². The van der Waals surface area contributed by atoms with E-state index in [1.54, 1.807) is 7.11 Å². The summed E-state index contributed by atoms with van der Waals surface area (Å²) in [5, 5.41) is 0. The molecule has 0 aliphatic heterocycles. The van der Waals surface area contributed by atoms with Gasteiger partial charge in [0.2, 0.25) is 5.95 Å². The van der Waals surface area contributed by atoms with Gasteiger partial charge in [0.05, 0.1) is 11.4 Å². The number of benzene rings is 1. The Morgan fingerprint density at radius 3 is 2.39 bits per heavy atom. The van der Waals surface area contributed by atoms with Crippen molar-refractivity contribution in [2.45, 2.75) is 19.4 Å². The molecule has 0 aliphatic rings. The lowest BCUT2D eigenvalue weighted by Crippen LogP contribution is -2.22. The molecule has 0 amide bonds. The second-order valence-corrected chi connectivity index (χ2v) is 4.58. The summed E-state index contributed by atoms with van der Waals surface area (Å²) in [5.74, 6) is 0.261. The van der Waals surface area contributed by atoms with E-state index in [9.17, 15) is 0 Å². The summed E-state index contributed by atoms with van der Waals surface area (Å²) in [6.07, 6.45) is 0. The minimum Gasteiger partial charge on any atom is -0.373 e. The van der Waals surface area contributed by atoms with Crippen LogP contribution in [0.5, 0.6) is 0 Å². The third-order valence-electron chi connectivity index (χ3n) is 2.94. The number of aromatic nitrogens is 2. The molecule has 2 aromatic rings. The van der Waals surface area contributed by atoms with Crippen molar-refractivity contribution in [1.29, 1.82) is 0 Å². The summed E-state index contributed by atoms with van der Waals surface area (Å²) in [6, 6.07) is 11.8. The van der Waals surface area contributed by atoms with Crippen molar-refractivity contribution >= 4 is 5.95 Å². The Balaban J connectivity index is 2.52. The first-order valence-corrected chi connectivity index (χ1v) is 5.78. The van der Waals surface area contributed by atoms with Gasteiger partial charge in [-0.1, -0.05) is 30.3 Å². The molecule has 0 bridgehead atoms. The normalized spacial score (nSPS) is 11.5. The molecule has 0 aliphatic carbocycles. The Morgan fingerprint density at radius 1 is 1.11 bits per heavy atom. The molecule has 0 fully saturated rings. The number of methoxy groups -OCH3 is 1. The van der Waals surface area contributed by atoms with Crippen LogP contribution in [0.1, 0.15) is 19.5 Å². The van der Waals surface area contributed by atoms with Gasteiger partial charge in [-0.25, -0.2) is 9.97 Å². The van der Waals surface area contributed by atoms with E-state index in [-0.39, 0.29) is 5.95 Å². The van der Waals surface area contributed by atoms with E-state index < -0.39 is 5.60 Å². The fraction of sp³-hybridized carbons (Fsp3) is 0.286. The lowest BCUT2D eigenvalue weighted by molar-refractivity contribution is 0.0155. The smallest absolute Gasteiger partial charge is 0.220 e. The van der Waals surface area contributed by atoms with Crippen molar-refractivity contribution in [2.75, 3.05) is 12.8 Å². The second-order valence-electron chi connectivity index (χ2n) is 4.58. The maximum absolute atomic E-state index is 5.77. The van der Waals surface area contributed by atoms with Crippen molar-refractivity contribution < 1.29 is 4.74 Å². The number of nitrogens with zero attached hydrogens (tertiary/aromatic N) is 2. The minimum absolute atomic E-state index is 0.261. The summed E-state index contributed by atoms with van der Waals surface area (Å²) in [6.45, 7) is 3.90. The van der Waals surface area contributed by atoms with Crippen LogP contribution < -0.4 is 5.73 Å². The Kier molecular flexibility index (Phi) is 3.30. The monoisotopic (exact) mass is 243 g/mol. The van der Waals surface area contributed by atoms with Gasteiger partial charge in [0.25, 0.3) is 0 Å². The predicted molar refractivity (Wildman–Crippen MR) is 71.9 cm³/mol. The van der Waals surface area contributed by atoms with Gasteiger partial charge in [-0.2, -0.15) is 0 Å². The van der Waals surface area contributed by atoms with Gasteiger partial charge in [0.15, 0.2) is 0 Å². The predicted octanol–water partition coefficient (Wildman–Crippen LogP) is 2.61. The Bertz CT molecular complexity index is 538. The van der Waals surface area contributed by atoms with E-state index in [1.807, 2.05) is 50.2 Å². The molecule has 18 heavy (non-hydrogen) atoms. The molecule has 0 unspecified atom stereocenters. The van der Waals surface area contributed by atoms with Crippen molar-refractivity contribution in [3.05, 3.63) is 42.1 Å². The fourth-order valence-electron chi connectivity index (χ4n) is 1.64. The third kappa shape index (κ3) is 2.49. The van der Waals surface area contributed by atoms with Crippen molar-refractivity contribution in [2.24, 2.45) is 0 Å². The first-order valence-electron chi connectivity index (χ1n) is 5.78. The Hall–Kier alpha value is -1.94. The van der Waals surface area contributed by atoms with E-state index in [0.717, 1.165) is 17.0 Å². The number of rotatable bonds is 3. The molecule has 0 atom stereocenters. The molecule has 0 radical (unpaired) electrons. The van der Waals surface area contributed by atoms with E-state index >= 15 is 0 Å². The quantitative estimate of drug-likeness (QED) is 0.900. The van der Waals surface area contributed by atoms with Crippen LogP contribution in [0.4, 0.5) is 5.95 Å².